The average molecular weight is 406 g/mol. The average Bonchev–Trinajstić information content (AvgIpc) is 3.15. The Labute approximate surface area is 165 Å². The molecular formula is C18H16ClN3O4S. The molecule has 9 heteroatoms. The van der Waals surface area contributed by atoms with Gasteiger partial charge in [0.15, 0.2) is 6.61 Å². The van der Waals surface area contributed by atoms with Crippen molar-refractivity contribution < 1.29 is 18.7 Å². The van der Waals surface area contributed by atoms with Crippen molar-refractivity contribution in [3.05, 3.63) is 59.4 Å². The number of methoxy groups -OCH3 is 1. The second-order valence-corrected chi connectivity index (χ2v) is 6.58. The van der Waals surface area contributed by atoms with Crippen molar-refractivity contribution in [3.8, 4) is 11.5 Å². The number of nitrogens with one attached hydrogen (secondary N) is 1. The maximum Gasteiger partial charge on any atom is 0.277 e. The van der Waals surface area contributed by atoms with Gasteiger partial charge < -0.3 is 19.2 Å². The van der Waals surface area contributed by atoms with Gasteiger partial charge in [0.1, 0.15) is 11.5 Å². The number of nitrogens with zero attached hydrogens (tertiary/aromatic N) is 2. The highest BCUT2D eigenvalue weighted by Crippen LogP contribution is 2.23. The normalized spacial score (nSPS) is 10.4. The Hall–Kier alpha value is -2.71. The number of benzene rings is 2. The molecule has 0 saturated carbocycles. The van der Waals surface area contributed by atoms with Gasteiger partial charge in [-0.05, 0) is 24.3 Å². The van der Waals surface area contributed by atoms with Crippen molar-refractivity contribution in [2.75, 3.05) is 18.2 Å². The molecule has 0 aliphatic carbocycles. The first kappa shape index (κ1) is 19.1. The molecule has 27 heavy (non-hydrogen) atoms. The third-order valence-electron chi connectivity index (χ3n) is 3.33. The zero-order valence-electron chi connectivity index (χ0n) is 14.3. The van der Waals surface area contributed by atoms with Crippen LogP contribution in [0.4, 0.5) is 5.69 Å². The van der Waals surface area contributed by atoms with Gasteiger partial charge in [0.05, 0.1) is 23.6 Å². The maximum atomic E-state index is 12.0. The summed E-state index contributed by atoms with van der Waals surface area (Å²) in [6.45, 7) is 0.118. The summed E-state index contributed by atoms with van der Waals surface area (Å²) in [5.74, 6) is 1.52. The predicted molar refractivity (Wildman–Crippen MR) is 102 cm³/mol. The molecule has 0 unspecified atom stereocenters. The van der Waals surface area contributed by atoms with Gasteiger partial charge in [0.25, 0.3) is 11.1 Å². The molecule has 1 aromatic heterocycles. The van der Waals surface area contributed by atoms with Gasteiger partial charge in [0.2, 0.25) is 5.91 Å². The number of hydrogen-bond donors (Lipinski definition) is 1. The van der Waals surface area contributed by atoms with E-state index < -0.39 is 0 Å². The highest BCUT2D eigenvalue weighted by Gasteiger charge is 2.11. The van der Waals surface area contributed by atoms with Crippen molar-refractivity contribution >= 4 is 35.0 Å². The van der Waals surface area contributed by atoms with E-state index in [-0.39, 0.29) is 23.5 Å². The molecule has 140 valence electrons. The van der Waals surface area contributed by atoms with Crippen molar-refractivity contribution in [1.82, 2.24) is 10.2 Å². The monoisotopic (exact) mass is 405 g/mol. The molecule has 1 amide bonds. The van der Waals surface area contributed by atoms with E-state index >= 15 is 0 Å². The molecular weight excluding hydrogens is 390 g/mol. The van der Waals surface area contributed by atoms with Gasteiger partial charge in [-0.15, -0.1) is 10.2 Å². The zero-order valence-corrected chi connectivity index (χ0v) is 15.9. The van der Waals surface area contributed by atoms with Crippen LogP contribution in [0, 0.1) is 0 Å². The summed E-state index contributed by atoms with van der Waals surface area (Å²) >= 11 is 7.14. The Morgan fingerprint density at radius 1 is 1.19 bits per heavy atom. The Morgan fingerprint density at radius 2 is 2.00 bits per heavy atom. The van der Waals surface area contributed by atoms with Gasteiger partial charge in [0, 0.05) is 6.07 Å². The van der Waals surface area contributed by atoms with E-state index in [2.05, 4.69) is 15.5 Å². The van der Waals surface area contributed by atoms with E-state index in [9.17, 15) is 4.79 Å². The van der Waals surface area contributed by atoms with Crippen LogP contribution in [-0.4, -0.2) is 29.0 Å². The molecule has 0 bridgehead atoms. The number of ether oxygens (including phenoxy) is 2. The molecule has 1 heterocycles. The number of carbonyl (C=O) groups excluding carboxylic acids is 1. The summed E-state index contributed by atoms with van der Waals surface area (Å²) < 4.78 is 16.2. The highest BCUT2D eigenvalue weighted by atomic mass is 35.5. The van der Waals surface area contributed by atoms with Gasteiger partial charge in [-0.1, -0.05) is 41.6 Å². The minimum Gasteiger partial charge on any atom is -0.497 e. The quantitative estimate of drug-likeness (QED) is 0.566. The number of rotatable bonds is 8. The standard InChI is InChI=1S/C18H16ClN3O4S/c1-24-12-5-4-6-13(9-12)25-10-17-21-22-18(26-17)27-11-16(23)20-15-8-3-2-7-14(15)19/h2-9H,10-11H2,1H3,(H,20,23). The van der Waals surface area contributed by atoms with Crippen molar-refractivity contribution in [2.24, 2.45) is 0 Å². The maximum absolute atomic E-state index is 12.0. The van der Waals surface area contributed by atoms with Crippen molar-refractivity contribution in [1.29, 1.82) is 0 Å². The number of amides is 1. The third kappa shape index (κ3) is 5.63. The molecule has 2 aromatic carbocycles. The minimum absolute atomic E-state index is 0.115. The summed E-state index contributed by atoms with van der Waals surface area (Å²) in [6.07, 6.45) is 0. The van der Waals surface area contributed by atoms with Crippen molar-refractivity contribution in [3.63, 3.8) is 0 Å². The van der Waals surface area contributed by atoms with Crippen LogP contribution in [0.2, 0.25) is 5.02 Å². The molecule has 3 aromatic rings. The van der Waals surface area contributed by atoms with E-state index in [1.54, 1.807) is 43.5 Å². The molecule has 1 N–H and O–H groups in total. The van der Waals surface area contributed by atoms with Crippen molar-refractivity contribution in [2.45, 2.75) is 11.8 Å². The largest absolute Gasteiger partial charge is 0.497 e. The van der Waals surface area contributed by atoms with Crippen LogP contribution in [-0.2, 0) is 11.4 Å². The molecule has 0 aliphatic heterocycles. The van der Waals surface area contributed by atoms with E-state index in [1.807, 2.05) is 12.1 Å². The fraction of sp³-hybridized carbons (Fsp3) is 0.167. The molecule has 0 fully saturated rings. The zero-order chi connectivity index (χ0) is 19.1. The summed E-state index contributed by atoms with van der Waals surface area (Å²) in [5, 5.41) is 11.3. The Kier molecular flexibility index (Phi) is 6.56. The van der Waals surface area contributed by atoms with E-state index in [1.165, 1.54) is 0 Å². The molecule has 0 aliphatic rings. The van der Waals surface area contributed by atoms with Gasteiger partial charge in [-0.2, -0.15) is 0 Å². The van der Waals surface area contributed by atoms with Crippen LogP contribution in [0.1, 0.15) is 5.89 Å². The van der Waals surface area contributed by atoms with Gasteiger partial charge in [-0.25, -0.2) is 0 Å². The smallest absolute Gasteiger partial charge is 0.277 e. The lowest BCUT2D eigenvalue weighted by Gasteiger charge is -2.05. The lowest BCUT2D eigenvalue weighted by Crippen LogP contribution is -2.14. The molecule has 3 rings (SSSR count). The number of hydrogen-bond acceptors (Lipinski definition) is 7. The van der Waals surface area contributed by atoms with Crippen LogP contribution in [0.5, 0.6) is 11.5 Å². The SMILES string of the molecule is COc1cccc(OCc2nnc(SCC(=O)Nc3ccccc3Cl)o2)c1. The fourth-order valence-corrected chi connectivity index (χ4v) is 2.83. The van der Waals surface area contributed by atoms with Crippen LogP contribution in [0.25, 0.3) is 0 Å². The first-order valence-electron chi connectivity index (χ1n) is 7.90. The second kappa shape index (κ2) is 9.29. The van der Waals surface area contributed by atoms with Crippen LogP contribution in [0.15, 0.2) is 58.2 Å². The summed E-state index contributed by atoms with van der Waals surface area (Å²) in [6, 6.07) is 14.2. The minimum atomic E-state index is -0.222. The second-order valence-electron chi connectivity index (χ2n) is 5.25. The van der Waals surface area contributed by atoms with E-state index in [0.717, 1.165) is 11.8 Å². The number of aromatic nitrogens is 2. The number of anilines is 1. The van der Waals surface area contributed by atoms with Crippen LogP contribution < -0.4 is 14.8 Å². The summed E-state index contributed by atoms with van der Waals surface area (Å²) in [5.41, 5.74) is 0.558. The lowest BCUT2D eigenvalue weighted by atomic mass is 10.3. The third-order valence-corrected chi connectivity index (χ3v) is 4.47. The molecule has 7 nitrogen and oxygen atoms in total. The Bertz CT molecular complexity index is 919. The summed E-state index contributed by atoms with van der Waals surface area (Å²) in [4.78, 5) is 12.0. The number of halogens is 1. The number of carbonyl (C=O) groups is 1. The molecule has 0 spiro atoms. The topological polar surface area (TPSA) is 86.5 Å². The number of para-hydroxylation sites is 1. The first-order valence-corrected chi connectivity index (χ1v) is 9.27. The lowest BCUT2D eigenvalue weighted by molar-refractivity contribution is -0.113. The Balaban J connectivity index is 1.47. The van der Waals surface area contributed by atoms with Crippen LogP contribution >= 0.6 is 23.4 Å². The molecule has 0 atom stereocenters. The predicted octanol–water partition coefficient (Wildman–Crippen LogP) is 4.04. The Morgan fingerprint density at radius 3 is 2.81 bits per heavy atom. The summed E-state index contributed by atoms with van der Waals surface area (Å²) in [7, 11) is 1.59. The highest BCUT2D eigenvalue weighted by molar-refractivity contribution is 7.99. The van der Waals surface area contributed by atoms with Gasteiger partial charge in [-0.3, -0.25) is 4.79 Å². The molecule has 0 radical (unpaired) electrons. The first-order chi connectivity index (χ1) is 13.1. The molecule has 0 saturated heterocycles. The number of thioether (sulfide) groups is 1. The van der Waals surface area contributed by atoms with Crippen LogP contribution in [0.3, 0.4) is 0 Å². The fourth-order valence-electron chi connectivity index (χ4n) is 2.07. The van der Waals surface area contributed by atoms with E-state index in [0.29, 0.717) is 28.1 Å². The van der Waals surface area contributed by atoms with Gasteiger partial charge >= 0.3 is 0 Å². The van der Waals surface area contributed by atoms with E-state index in [4.69, 9.17) is 25.5 Å².